The lowest BCUT2D eigenvalue weighted by Gasteiger charge is -2.26. The number of quaternary nitrogens is 1. The molecular weight excluding hydrogens is 385 g/mol. The lowest BCUT2D eigenvalue weighted by Crippen LogP contribution is -2.53. The predicted octanol–water partition coefficient (Wildman–Crippen LogP) is 4.58. The lowest BCUT2D eigenvalue weighted by molar-refractivity contribution is -0.750. The van der Waals surface area contributed by atoms with E-state index >= 15 is 4.39 Å². The summed E-state index contributed by atoms with van der Waals surface area (Å²) in [5, 5.41) is 1.45. The van der Waals surface area contributed by atoms with E-state index in [2.05, 4.69) is 15.0 Å². The molecular formula is C22H17FN5S+. The van der Waals surface area contributed by atoms with E-state index < -0.39 is 5.82 Å². The van der Waals surface area contributed by atoms with E-state index in [1.165, 1.54) is 11.8 Å². The number of fused-ring (bicyclic) bond motifs is 2. The van der Waals surface area contributed by atoms with Gasteiger partial charge < -0.3 is 0 Å². The van der Waals surface area contributed by atoms with Gasteiger partial charge in [0.2, 0.25) is 5.70 Å². The Morgan fingerprint density at radius 1 is 1.03 bits per heavy atom. The second kappa shape index (κ2) is 6.73. The molecule has 0 saturated carbocycles. The highest BCUT2D eigenvalue weighted by molar-refractivity contribution is 8.02. The third-order valence-electron chi connectivity index (χ3n) is 5.06. The van der Waals surface area contributed by atoms with Crippen LogP contribution in [0.3, 0.4) is 0 Å². The zero-order valence-corrected chi connectivity index (χ0v) is 16.4. The molecule has 1 atom stereocenters. The van der Waals surface area contributed by atoms with E-state index in [4.69, 9.17) is 5.84 Å². The number of nitrogens with two attached hydrogens (primary N) is 1. The average Bonchev–Trinajstić information content (AvgIpc) is 3.07. The second-order valence-electron chi connectivity index (χ2n) is 6.74. The maximum atomic E-state index is 15.7. The Kier molecular flexibility index (Phi) is 4.16. The van der Waals surface area contributed by atoms with Gasteiger partial charge in [-0.25, -0.2) is 9.37 Å². The Hall–Kier alpha value is -3.13. The molecule has 1 unspecified atom stereocenters. The van der Waals surface area contributed by atoms with Crippen molar-refractivity contribution in [3.63, 3.8) is 0 Å². The molecule has 0 spiro atoms. The molecule has 2 aliphatic rings. The molecule has 0 saturated heterocycles. The normalized spacial score (nSPS) is 20.3. The minimum atomic E-state index is -0.431. The van der Waals surface area contributed by atoms with Crippen LogP contribution in [-0.4, -0.2) is 27.9 Å². The van der Waals surface area contributed by atoms with Crippen molar-refractivity contribution in [2.24, 2.45) is 15.8 Å². The Morgan fingerprint density at radius 2 is 1.83 bits per heavy atom. The standard InChI is InChI=1S/C22H17FN5S/c1-29-22-18-13-25-11-12-28(18,24)21(27-22)16-9-7-15-8-10-17(26-20(15)19(16)23)14-5-3-2-4-6-14/h2-13H,24H2,1H3/q+1. The molecule has 2 N–H and O–H groups in total. The van der Waals surface area contributed by atoms with Gasteiger partial charge in [0.05, 0.1) is 23.7 Å². The first-order valence-electron chi connectivity index (χ1n) is 9.03. The maximum Gasteiger partial charge on any atom is 0.268 e. The number of hydrogen-bond acceptors (Lipinski definition) is 5. The summed E-state index contributed by atoms with van der Waals surface area (Å²) in [6, 6.07) is 17.1. The molecule has 0 amide bonds. The van der Waals surface area contributed by atoms with Crippen LogP contribution in [0.25, 0.3) is 22.2 Å². The molecule has 2 aliphatic heterocycles. The fraction of sp³-hybridized carbons (Fsp3) is 0.0455. The first-order valence-corrected chi connectivity index (χ1v) is 10.3. The Labute approximate surface area is 171 Å². The number of aromatic nitrogens is 1. The molecule has 0 radical (unpaired) electrons. The SMILES string of the molecule is CSC1=C2C=NC=C[N+]2(N)C(c2ccc3ccc(-c4ccccc4)nc3c2F)=N1. The summed E-state index contributed by atoms with van der Waals surface area (Å²) >= 11 is 1.46. The number of pyridine rings is 1. The summed E-state index contributed by atoms with van der Waals surface area (Å²) in [7, 11) is 0. The average molecular weight is 402 g/mol. The Balaban J connectivity index is 1.68. The van der Waals surface area contributed by atoms with Crippen LogP contribution in [0.15, 0.2) is 87.7 Å². The molecule has 5 nitrogen and oxygen atoms in total. The molecule has 0 aliphatic carbocycles. The minimum Gasteiger partial charge on any atom is -0.253 e. The van der Waals surface area contributed by atoms with Crippen LogP contribution < -0.4 is 5.84 Å². The topological polar surface area (TPSA) is 63.6 Å². The number of amidine groups is 1. The van der Waals surface area contributed by atoms with Gasteiger partial charge in [-0.2, -0.15) is 10.8 Å². The number of hydrogen-bond donors (Lipinski definition) is 1. The van der Waals surface area contributed by atoms with Gasteiger partial charge in [-0.1, -0.05) is 42.5 Å². The number of benzene rings is 2. The first-order chi connectivity index (χ1) is 14.1. The van der Waals surface area contributed by atoms with Gasteiger partial charge in [0.1, 0.15) is 11.7 Å². The quantitative estimate of drug-likeness (QED) is 0.515. The van der Waals surface area contributed by atoms with E-state index in [1.54, 1.807) is 24.7 Å². The zero-order valence-electron chi connectivity index (χ0n) is 15.6. The van der Waals surface area contributed by atoms with Crippen LogP contribution in [0.2, 0.25) is 0 Å². The molecule has 142 valence electrons. The van der Waals surface area contributed by atoms with Crippen LogP contribution >= 0.6 is 11.8 Å². The highest BCUT2D eigenvalue weighted by Gasteiger charge is 2.45. The van der Waals surface area contributed by atoms with Crippen molar-refractivity contribution in [1.29, 1.82) is 0 Å². The van der Waals surface area contributed by atoms with Crippen LogP contribution in [0, 0.1) is 5.82 Å². The van der Waals surface area contributed by atoms with Crippen molar-refractivity contribution < 1.29 is 8.98 Å². The molecule has 1 aromatic heterocycles. The summed E-state index contributed by atoms with van der Waals surface area (Å²) in [6.45, 7) is 0. The number of allylic oxidation sites excluding steroid dienone is 1. The van der Waals surface area contributed by atoms with E-state index in [0.717, 1.165) is 21.7 Å². The van der Waals surface area contributed by atoms with Crippen molar-refractivity contribution in [1.82, 2.24) is 4.98 Å². The second-order valence-corrected chi connectivity index (χ2v) is 7.54. The minimum absolute atomic E-state index is 0.208. The fourth-order valence-electron chi connectivity index (χ4n) is 3.57. The van der Waals surface area contributed by atoms with E-state index in [9.17, 15) is 0 Å². The molecule has 29 heavy (non-hydrogen) atoms. The van der Waals surface area contributed by atoms with Crippen molar-refractivity contribution in [2.45, 2.75) is 0 Å². The highest BCUT2D eigenvalue weighted by Crippen LogP contribution is 2.36. The third kappa shape index (κ3) is 2.74. The largest absolute Gasteiger partial charge is 0.268 e. The number of halogens is 1. The Bertz CT molecular complexity index is 1260. The molecule has 3 aromatic rings. The first kappa shape index (κ1) is 17.9. The molecule has 2 aromatic carbocycles. The summed E-state index contributed by atoms with van der Waals surface area (Å²) < 4.78 is 15.5. The van der Waals surface area contributed by atoms with E-state index in [1.807, 2.05) is 54.8 Å². The van der Waals surface area contributed by atoms with Crippen LogP contribution in [0.5, 0.6) is 0 Å². The van der Waals surface area contributed by atoms with Crippen LogP contribution in [-0.2, 0) is 0 Å². The number of thioether (sulfide) groups is 1. The third-order valence-corrected chi connectivity index (χ3v) is 5.75. The summed E-state index contributed by atoms with van der Waals surface area (Å²) in [6.07, 6.45) is 6.89. The maximum absolute atomic E-state index is 15.7. The van der Waals surface area contributed by atoms with Gasteiger partial charge in [-0.3, -0.25) is 4.99 Å². The highest BCUT2D eigenvalue weighted by atomic mass is 32.2. The van der Waals surface area contributed by atoms with Gasteiger partial charge in [-0.05, 0) is 18.4 Å². The van der Waals surface area contributed by atoms with Crippen molar-refractivity contribution >= 4 is 34.7 Å². The number of aliphatic imine (C=N–C) groups is 2. The summed E-state index contributed by atoms with van der Waals surface area (Å²) in [5.74, 6) is 6.59. The summed E-state index contributed by atoms with van der Waals surface area (Å²) in [5.41, 5.74) is 3.00. The number of nitrogens with zero attached hydrogens (tertiary/aromatic N) is 4. The molecule has 0 fully saturated rings. The number of rotatable bonds is 3. The molecule has 3 heterocycles. The van der Waals surface area contributed by atoms with Gasteiger partial charge >= 0.3 is 0 Å². The molecule has 7 heteroatoms. The van der Waals surface area contributed by atoms with Crippen molar-refractivity contribution in [2.75, 3.05) is 6.26 Å². The van der Waals surface area contributed by atoms with Crippen LogP contribution in [0.1, 0.15) is 5.56 Å². The predicted molar refractivity (Wildman–Crippen MR) is 116 cm³/mol. The Morgan fingerprint density at radius 3 is 2.62 bits per heavy atom. The summed E-state index contributed by atoms with van der Waals surface area (Å²) in [4.78, 5) is 13.4. The van der Waals surface area contributed by atoms with Crippen molar-refractivity contribution in [3.8, 4) is 11.3 Å². The lowest BCUT2D eigenvalue weighted by atomic mass is 10.1. The van der Waals surface area contributed by atoms with E-state index in [-0.39, 0.29) is 4.59 Å². The molecule has 0 bridgehead atoms. The monoisotopic (exact) mass is 402 g/mol. The smallest absolute Gasteiger partial charge is 0.253 e. The zero-order chi connectivity index (χ0) is 20.0. The van der Waals surface area contributed by atoms with Gasteiger partial charge in [0, 0.05) is 10.9 Å². The van der Waals surface area contributed by atoms with E-state index in [0.29, 0.717) is 22.6 Å². The fourth-order valence-corrected chi connectivity index (χ4v) is 4.16. The van der Waals surface area contributed by atoms with Gasteiger partial charge in [-0.15, -0.1) is 16.4 Å². The van der Waals surface area contributed by atoms with Gasteiger partial charge in [0.15, 0.2) is 10.8 Å². The molecule has 5 rings (SSSR count). The van der Waals surface area contributed by atoms with Gasteiger partial charge in [0.25, 0.3) is 5.84 Å². The van der Waals surface area contributed by atoms with Crippen molar-refractivity contribution in [3.05, 3.63) is 89.1 Å². The van der Waals surface area contributed by atoms with Crippen LogP contribution in [0.4, 0.5) is 4.39 Å².